The van der Waals surface area contributed by atoms with Crippen molar-refractivity contribution in [2.45, 2.75) is 38.3 Å². The molecular formula is C19H25N3O4S. The molecule has 0 unspecified atom stereocenters. The van der Waals surface area contributed by atoms with Crippen LogP contribution in [0.25, 0.3) is 0 Å². The highest BCUT2D eigenvalue weighted by Crippen LogP contribution is 2.17. The van der Waals surface area contributed by atoms with Crippen LogP contribution in [0.4, 0.5) is 0 Å². The van der Waals surface area contributed by atoms with Crippen molar-refractivity contribution in [3.63, 3.8) is 0 Å². The van der Waals surface area contributed by atoms with Crippen molar-refractivity contribution in [3.05, 3.63) is 54.4 Å². The molecule has 0 aliphatic carbocycles. The summed E-state index contributed by atoms with van der Waals surface area (Å²) < 4.78 is 32.8. The zero-order valence-electron chi connectivity index (χ0n) is 15.7. The minimum absolute atomic E-state index is 0.121. The SMILES string of the molecule is CC(C)CNC(=O)[C@H](C)Oc1ccc(S(=O)(=O)NCc2cccnc2)cc1. The minimum atomic E-state index is -3.65. The highest BCUT2D eigenvalue weighted by atomic mass is 32.2. The maximum atomic E-state index is 12.4. The summed E-state index contributed by atoms with van der Waals surface area (Å²) in [5.74, 6) is 0.566. The lowest BCUT2D eigenvalue weighted by Crippen LogP contribution is -2.38. The summed E-state index contributed by atoms with van der Waals surface area (Å²) in [4.78, 5) is 16.0. The highest BCUT2D eigenvalue weighted by molar-refractivity contribution is 7.89. The van der Waals surface area contributed by atoms with Crippen molar-refractivity contribution in [2.75, 3.05) is 6.54 Å². The first-order chi connectivity index (χ1) is 12.8. The summed E-state index contributed by atoms with van der Waals surface area (Å²) in [7, 11) is -3.65. The molecule has 0 spiro atoms. The van der Waals surface area contributed by atoms with Gasteiger partial charge in [-0.1, -0.05) is 19.9 Å². The fourth-order valence-electron chi connectivity index (χ4n) is 2.17. The molecule has 2 aromatic rings. The van der Waals surface area contributed by atoms with Crippen LogP contribution in [0.1, 0.15) is 26.3 Å². The van der Waals surface area contributed by atoms with E-state index in [0.717, 1.165) is 5.56 Å². The predicted octanol–water partition coefficient (Wildman–Crippen LogP) is 2.10. The predicted molar refractivity (Wildman–Crippen MR) is 103 cm³/mol. The maximum absolute atomic E-state index is 12.4. The van der Waals surface area contributed by atoms with E-state index in [9.17, 15) is 13.2 Å². The van der Waals surface area contributed by atoms with Gasteiger partial charge in [0.05, 0.1) is 4.90 Å². The van der Waals surface area contributed by atoms with Crippen molar-refractivity contribution < 1.29 is 17.9 Å². The van der Waals surface area contributed by atoms with E-state index in [-0.39, 0.29) is 17.3 Å². The van der Waals surface area contributed by atoms with Gasteiger partial charge in [-0.2, -0.15) is 0 Å². The van der Waals surface area contributed by atoms with Gasteiger partial charge in [0, 0.05) is 25.5 Å². The van der Waals surface area contributed by atoms with Crippen molar-refractivity contribution in [1.82, 2.24) is 15.0 Å². The Morgan fingerprint density at radius 2 is 1.85 bits per heavy atom. The Bertz CT molecular complexity index is 837. The van der Waals surface area contributed by atoms with Crippen molar-refractivity contribution in [1.29, 1.82) is 0 Å². The van der Waals surface area contributed by atoms with Gasteiger partial charge in [-0.15, -0.1) is 0 Å². The molecule has 2 rings (SSSR count). The van der Waals surface area contributed by atoms with E-state index >= 15 is 0 Å². The number of nitrogens with one attached hydrogen (secondary N) is 2. The summed E-state index contributed by atoms with van der Waals surface area (Å²) in [6.07, 6.45) is 2.56. The number of ether oxygens (including phenoxy) is 1. The first kappa shape index (κ1) is 20.9. The van der Waals surface area contributed by atoms with E-state index in [0.29, 0.717) is 18.2 Å². The number of carbonyl (C=O) groups is 1. The Hall–Kier alpha value is -2.45. The molecule has 1 heterocycles. The lowest BCUT2D eigenvalue weighted by Gasteiger charge is -2.16. The number of sulfonamides is 1. The normalized spacial score (nSPS) is 12.6. The van der Waals surface area contributed by atoms with E-state index < -0.39 is 16.1 Å². The molecule has 8 heteroatoms. The molecule has 1 amide bonds. The van der Waals surface area contributed by atoms with Gasteiger partial charge in [-0.25, -0.2) is 13.1 Å². The van der Waals surface area contributed by atoms with E-state index in [1.807, 2.05) is 13.8 Å². The number of pyridine rings is 1. The van der Waals surface area contributed by atoms with Crippen LogP contribution in [0.3, 0.4) is 0 Å². The average molecular weight is 391 g/mol. The molecule has 1 aromatic heterocycles. The highest BCUT2D eigenvalue weighted by Gasteiger charge is 2.17. The number of amides is 1. The Labute approximate surface area is 160 Å². The second-order valence-electron chi connectivity index (χ2n) is 6.56. The third kappa shape index (κ3) is 6.65. The number of hydrogen-bond acceptors (Lipinski definition) is 5. The number of hydrogen-bond donors (Lipinski definition) is 2. The van der Waals surface area contributed by atoms with Gasteiger partial charge in [0.15, 0.2) is 6.10 Å². The molecule has 0 aliphatic rings. The molecule has 0 fully saturated rings. The van der Waals surface area contributed by atoms with Crippen molar-refractivity contribution >= 4 is 15.9 Å². The van der Waals surface area contributed by atoms with Gasteiger partial charge in [0.2, 0.25) is 10.0 Å². The van der Waals surface area contributed by atoms with E-state index in [4.69, 9.17) is 4.74 Å². The zero-order chi connectivity index (χ0) is 19.9. The minimum Gasteiger partial charge on any atom is -0.481 e. The van der Waals surface area contributed by atoms with Gasteiger partial charge in [-0.05, 0) is 48.7 Å². The molecule has 146 valence electrons. The first-order valence-electron chi connectivity index (χ1n) is 8.71. The summed E-state index contributed by atoms with van der Waals surface area (Å²) in [5, 5.41) is 2.80. The van der Waals surface area contributed by atoms with Gasteiger partial charge in [0.1, 0.15) is 5.75 Å². The van der Waals surface area contributed by atoms with Crippen molar-refractivity contribution in [3.8, 4) is 5.75 Å². The molecule has 0 aliphatic heterocycles. The fraction of sp³-hybridized carbons (Fsp3) is 0.368. The molecule has 1 atom stereocenters. The average Bonchev–Trinajstić information content (AvgIpc) is 2.65. The second-order valence-corrected chi connectivity index (χ2v) is 8.32. The molecule has 7 nitrogen and oxygen atoms in total. The topological polar surface area (TPSA) is 97.4 Å². The van der Waals surface area contributed by atoms with Crippen LogP contribution >= 0.6 is 0 Å². The molecular weight excluding hydrogens is 366 g/mol. The summed E-state index contributed by atoms with van der Waals surface area (Å²) >= 11 is 0. The van der Waals surface area contributed by atoms with Crippen LogP contribution in [0.15, 0.2) is 53.7 Å². The summed E-state index contributed by atoms with van der Waals surface area (Å²) in [6, 6.07) is 9.49. The molecule has 27 heavy (non-hydrogen) atoms. The summed E-state index contributed by atoms with van der Waals surface area (Å²) in [5.41, 5.74) is 0.766. The lowest BCUT2D eigenvalue weighted by atomic mass is 10.2. The van der Waals surface area contributed by atoms with Crippen LogP contribution < -0.4 is 14.8 Å². The van der Waals surface area contributed by atoms with Crippen molar-refractivity contribution in [2.24, 2.45) is 5.92 Å². The van der Waals surface area contributed by atoms with Crippen LogP contribution in [0.2, 0.25) is 0 Å². The lowest BCUT2D eigenvalue weighted by molar-refractivity contribution is -0.127. The van der Waals surface area contributed by atoms with Gasteiger partial charge in [-0.3, -0.25) is 9.78 Å². The van der Waals surface area contributed by atoms with Gasteiger partial charge >= 0.3 is 0 Å². The van der Waals surface area contributed by atoms with Crippen LogP contribution in [-0.4, -0.2) is 32.0 Å². The fourth-order valence-corrected chi connectivity index (χ4v) is 3.19. The van der Waals surface area contributed by atoms with Crippen LogP contribution in [0.5, 0.6) is 5.75 Å². The van der Waals surface area contributed by atoms with Crippen LogP contribution in [0, 0.1) is 5.92 Å². The number of carbonyl (C=O) groups excluding carboxylic acids is 1. The third-order valence-electron chi connectivity index (χ3n) is 3.69. The molecule has 0 radical (unpaired) electrons. The Balaban J connectivity index is 1.94. The smallest absolute Gasteiger partial charge is 0.260 e. The molecule has 1 aromatic carbocycles. The Morgan fingerprint density at radius 3 is 2.44 bits per heavy atom. The first-order valence-corrected chi connectivity index (χ1v) is 10.2. The quantitative estimate of drug-likeness (QED) is 0.682. The number of benzene rings is 1. The largest absolute Gasteiger partial charge is 0.481 e. The zero-order valence-corrected chi connectivity index (χ0v) is 16.5. The molecule has 0 bridgehead atoms. The van der Waals surface area contributed by atoms with Gasteiger partial charge < -0.3 is 10.1 Å². The van der Waals surface area contributed by atoms with E-state index in [1.165, 1.54) is 24.3 Å². The second kappa shape index (κ2) is 9.48. The molecule has 0 saturated heterocycles. The molecule has 0 saturated carbocycles. The van der Waals surface area contributed by atoms with E-state index in [1.54, 1.807) is 31.5 Å². The maximum Gasteiger partial charge on any atom is 0.260 e. The standard InChI is InChI=1S/C19H25N3O4S/c1-14(2)11-21-19(23)15(3)26-17-6-8-18(9-7-17)27(24,25)22-13-16-5-4-10-20-12-16/h4-10,12,14-15,22H,11,13H2,1-3H3,(H,21,23)/t15-/m0/s1. The van der Waals surface area contributed by atoms with E-state index in [2.05, 4.69) is 15.0 Å². The number of rotatable bonds is 9. The number of nitrogens with zero attached hydrogens (tertiary/aromatic N) is 1. The Morgan fingerprint density at radius 1 is 1.15 bits per heavy atom. The monoisotopic (exact) mass is 391 g/mol. The third-order valence-corrected chi connectivity index (χ3v) is 5.11. The molecule has 2 N–H and O–H groups in total. The van der Waals surface area contributed by atoms with Gasteiger partial charge in [0.25, 0.3) is 5.91 Å². The summed E-state index contributed by atoms with van der Waals surface area (Å²) in [6.45, 7) is 6.39. The van der Waals surface area contributed by atoms with Crippen LogP contribution in [-0.2, 0) is 21.4 Å². The number of aromatic nitrogens is 1. The Kier molecular flexibility index (Phi) is 7.32.